The van der Waals surface area contributed by atoms with Gasteiger partial charge in [-0.25, -0.2) is 0 Å². The van der Waals surface area contributed by atoms with Crippen LogP contribution in [0.2, 0.25) is 0 Å². The molecule has 0 aliphatic rings. The van der Waals surface area contributed by atoms with Crippen LogP contribution in [0.15, 0.2) is 0 Å². The Bertz CT molecular complexity index is 114. The standard InChI is InChI=1S/C7H16N2O.CH2O/c1-4-6(8-3)7(10)9-5-2;1-2/h6,8H,4-5H2,1-3H3,(H,9,10);1H2. The Morgan fingerprint density at radius 1 is 1.42 bits per heavy atom. The third-order valence-corrected chi connectivity index (χ3v) is 1.42. The summed E-state index contributed by atoms with van der Waals surface area (Å²) in [5.74, 6) is 0.0903. The van der Waals surface area contributed by atoms with E-state index < -0.39 is 0 Å². The molecule has 1 unspecified atom stereocenters. The summed E-state index contributed by atoms with van der Waals surface area (Å²) in [6.45, 7) is 6.60. The first-order chi connectivity index (χ1) is 5.76. The van der Waals surface area contributed by atoms with Gasteiger partial charge in [0.15, 0.2) is 0 Å². The lowest BCUT2D eigenvalue weighted by Gasteiger charge is -2.11. The highest BCUT2D eigenvalue weighted by molar-refractivity contribution is 5.81. The van der Waals surface area contributed by atoms with Crippen molar-refractivity contribution < 1.29 is 9.59 Å². The lowest BCUT2D eigenvalue weighted by atomic mass is 10.2. The topological polar surface area (TPSA) is 58.2 Å². The minimum atomic E-state index is -0.0278. The van der Waals surface area contributed by atoms with E-state index in [0.29, 0.717) is 6.54 Å². The Kier molecular flexibility index (Phi) is 11.5. The van der Waals surface area contributed by atoms with Gasteiger partial charge in [0.1, 0.15) is 6.79 Å². The zero-order chi connectivity index (χ0) is 9.98. The van der Waals surface area contributed by atoms with Gasteiger partial charge in [0, 0.05) is 6.54 Å². The molecule has 0 aliphatic carbocycles. The molecule has 0 fully saturated rings. The summed E-state index contributed by atoms with van der Waals surface area (Å²) < 4.78 is 0. The Morgan fingerprint density at radius 3 is 2.17 bits per heavy atom. The number of hydrogen-bond acceptors (Lipinski definition) is 3. The Balaban J connectivity index is 0. The van der Waals surface area contributed by atoms with Gasteiger partial charge in [0.25, 0.3) is 0 Å². The zero-order valence-corrected chi connectivity index (χ0v) is 8.02. The molecular weight excluding hydrogens is 156 g/mol. The van der Waals surface area contributed by atoms with E-state index >= 15 is 0 Å². The molecule has 4 nitrogen and oxygen atoms in total. The van der Waals surface area contributed by atoms with Crippen molar-refractivity contribution >= 4 is 12.7 Å². The van der Waals surface area contributed by atoms with Crippen LogP contribution >= 0.6 is 0 Å². The first-order valence-corrected chi connectivity index (χ1v) is 4.00. The van der Waals surface area contributed by atoms with Crippen LogP contribution in [-0.4, -0.2) is 32.3 Å². The van der Waals surface area contributed by atoms with Crippen molar-refractivity contribution in [2.75, 3.05) is 13.6 Å². The van der Waals surface area contributed by atoms with Gasteiger partial charge < -0.3 is 15.4 Å². The zero-order valence-electron chi connectivity index (χ0n) is 8.02. The average Bonchev–Trinajstić information content (AvgIpc) is 2.11. The minimum absolute atomic E-state index is 0.0278. The molecule has 1 atom stereocenters. The maximum absolute atomic E-state index is 11.0. The molecule has 0 bridgehead atoms. The monoisotopic (exact) mass is 174 g/mol. The van der Waals surface area contributed by atoms with E-state index in [0.717, 1.165) is 6.42 Å². The maximum atomic E-state index is 11.0. The SMILES string of the molecule is C=O.CCNC(=O)C(CC)NC. The molecule has 0 aliphatic heterocycles. The molecule has 12 heavy (non-hydrogen) atoms. The van der Waals surface area contributed by atoms with Crippen molar-refractivity contribution in [2.24, 2.45) is 0 Å². The number of carbonyl (C=O) groups is 2. The van der Waals surface area contributed by atoms with Crippen LogP contribution < -0.4 is 10.6 Å². The predicted molar refractivity (Wildman–Crippen MR) is 48.9 cm³/mol. The van der Waals surface area contributed by atoms with Crippen LogP contribution in [0.3, 0.4) is 0 Å². The van der Waals surface area contributed by atoms with Gasteiger partial charge in [-0.2, -0.15) is 0 Å². The average molecular weight is 174 g/mol. The van der Waals surface area contributed by atoms with Crippen LogP contribution in [0.25, 0.3) is 0 Å². The molecule has 0 radical (unpaired) electrons. The van der Waals surface area contributed by atoms with Crippen molar-refractivity contribution in [2.45, 2.75) is 26.3 Å². The Hall–Kier alpha value is -0.900. The van der Waals surface area contributed by atoms with Gasteiger partial charge >= 0.3 is 0 Å². The minimum Gasteiger partial charge on any atom is -0.355 e. The molecule has 0 aromatic heterocycles. The fraction of sp³-hybridized carbons (Fsp3) is 0.750. The van der Waals surface area contributed by atoms with E-state index in [-0.39, 0.29) is 11.9 Å². The molecule has 4 heteroatoms. The molecular formula is C8H18N2O2. The molecule has 0 aromatic carbocycles. The second kappa shape index (κ2) is 10.1. The number of likely N-dealkylation sites (N-methyl/N-ethyl adjacent to an activating group) is 2. The first-order valence-electron chi connectivity index (χ1n) is 4.00. The number of hydrogen-bond donors (Lipinski definition) is 2. The van der Waals surface area contributed by atoms with Crippen LogP contribution in [-0.2, 0) is 9.59 Å². The summed E-state index contributed by atoms with van der Waals surface area (Å²) in [5, 5.41) is 5.67. The van der Waals surface area contributed by atoms with E-state index in [9.17, 15) is 4.79 Å². The molecule has 0 heterocycles. The van der Waals surface area contributed by atoms with E-state index in [1.165, 1.54) is 0 Å². The highest BCUT2D eigenvalue weighted by Crippen LogP contribution is 1.87. The van der Waals surface area contributed by atoms with E-state index in [2.05, 4.69) is 10.6 Å². The summed E-state index contributed by atoms with van der Waals surface area (Å²) in [5.41, 5.74) is 0. The van der Waals surface area contributed by atoms with Gasteiger partial charge in [-0.3, -0.25) is 4.79 Å². The van der Waals surface area contributed by atoms with Crippen molar-refractivity contribution in [1.29, 1.82) is 0 Å². The normalized spacial score (nSPS) is 10.9. The lowest BCUT2D eigenvalue weighted by molar-refractivity contribution is -0.123. The van der Waals surface area contributed by atoms with E-state index in [1.807, 2.05) is 20.6 Å². The summed E-state index contributed by atoms with van der Waals surface area (Å²) in [7, 11) is 1.80. The van der Waals surface area contributed by atoms with Crippen LogP contribution in [0.4, 0.5) is 0 Å². The van der Waals surface area contributed by atoms with Crippen molar-refractivity contribution in [3.05, 3.63) is 0 Å². The largest absolute Gasteiger partial charge is 0.355 e. The molecule has 72 valence electrons. The van der Waals surface area contributed by atoms with E-state index in [1.54, 1.807) is 7.05 Å². The summed E-state index contributed by atoms with van der Waals surface area (Å²) >= 11 is 0. The molecule has 0 rings (SSSR count). The molecule has 0 saturated carbocycles. The molecule has 2 N–H and O–H groups in total. The van der Waals surface area contributed by atoms with Crippen molar-refractivity contribution in [1.82, 2.24) is 10.6 Å². The highest BCUT2D eigenvalue weighted by atomic mass is 16.2. The lowest BCUT2D eigenvalue weighted by Crippen LogP contribution is -2.41. The van der Waals surface area contributed by atoms with Crippen molar-refractivity contribution in [3.63, 3.8) is 0 Å². The molecule has 0 spiro atoms. The van der Waals surface area contributed by atoms with Gasteiger partial charge in [-0.15, -0.1) is 0 Å². The Morgan fingerprint density at radius 2 is 1.92 bits per heavy atom. The third-order valence-electron chi connectivity index (χ3n) is 1.42. The second-order valence-corrected chi connectivity index (χ2v) is 2.14. The number of amides is 1. The van der Waals surface area contributed by atoms with Gasteiger partial charge in [0.2, 0.25) is 5.91 Å². The quantitative estimate of drug-likeness (QED) is 0.627. The number of carbonyl (C=O) groups excluding carboxylic acids is 2. The fourth-order valence-corrected chi connectivity index (χ4v) is 0.818. The maximum Gasteiger partial charge on any atom is 0.237 e. The molecule has 0 aromatic rings. The first kappa shape index (κ1) is 13.7. The number of rotatable bonds is 4. The van der Waals surface area contributed by atoms with Crippen LogP contribution in [0.1, 0.15) is 20.3 Å². The summed E-state index contributed by atoms with van der Waals surface area (Å²) in [6, 6.07) is -0.0278. The van der Waals surface area contributed by atoms with Crippen molar-refractivity contribution in [3.8, 4) is 0 Å². The molecule has 1 amide bonds. The second-order valence-electron chi connectivity index (χ2n) is 2.14. The highest BCUT2D eigenvalue weighted by Gasteiger charge is 2.11. The summed E-state index contributed by atoms with van der Waals surface area (Å²) in [6.07, 6.45) is 0.836. The molecule has 0 saturated heterocycles. The van der Waals surface area contributed by atoms with Gasteiger partial charge in [0.05, 0.1) is 6.04 Å². The van der Waals surface area contributed by atoms with Gasteiger partial charge in [-0.1, -0.05) is 6.92 Å². The smallest absolute Gasteiger partial charge is 0.237 e. The predicted octanol–water partition coefficient (Wildman–Crippen LogP) is -0.0644. The summed E-state index contributed by atoms with van der Waals surface area (Å²) in [4.78, 5) is 19.0. The fourth-order valence-electron chi connectivity index (χ4n) is 0.818. The van der Waals surface area contributed by atoms with Crippen LogP contribution in [0.5, 0.6) is 0 Å². The van der Waals surface area contributed by atoms with Gasteiger partial charge in [-0.05, 0) is 20.4 Å². The van der Waals surface area contributed by atoms with E-state index in [4.69, 9.17) is 4.79 Å². The third kappa shape index (κ3) is 5.85. The Labute approximate surface area is 73.7 Å². The van der Waals surface area contributed by atoms with Crippen LogP contribution in [0, 0.1) is 0 Å². The number of nitrogens with one attached hydrogen (secondary N) is 2.